The zero-order valence-electron chi connectivity index (χ0n) is 8.66. The van der Waals surface area contributed by atoms with Gasteiger partial charge in [-0.2, -0.15) is 0 Å². The van der Waals surface area contributed by atoms with Crippen LogP contribution in [0.5, 0.6) is 0 Å². The number of halogens is 2. The fourth-order valence-electron chi connectivity index (χ4n) is 1.05. The van der Waals surface area contributed by atoms with Crippen molar-refractivity contribution in [2.75, 3.05) is 0 Å². The Morgan fingerprint density at radius 3 is 2.75 bits per heavy atom. The summed E-state index contributed by atoms with van der Waals surface area (Å²) in [6.07, 6.45) is 1.58. The maximum absolute atomic E-state index is 11.1. The maximum atomic E-state index is 11.1. The van der Waals surface area contributed by atoms with Gasteiger partial charge in [-0.05, 0) is 12.1 Å². The first-order chi connectivity index (χ1) is 7.72. The molecule has 0 saturated carbocycles. The van der Waals surface area contributed by atoms with Crippen molar-refractivity contribution >= 4 is 51.0 Å². The summed E-state index contributed by atoms with van der Waals surface area (Å²) in [5, 5.41) is 0.564. The molecule has 0 amide bonds. The number of carbonyl (C=O) groups is 1. The van der Waals surface area contributed by atoms with Crippen molar-refractivity contribution in [3.05, 3.63) is 28.2 Å². The van der Waals surface area contributed by atoms with Gasteiger partial charge >= 0.3 is 5.97 Å². The van der Waals surface area contributed by atoms with Gasteiger partial charge in [-0.25, -0.2) is 4.79 Å². The predicted molar refractivity (Wildman–Crippen MR) is 67.2 cm³/mol. The van der Waals surface area contributed by atoms with Crippen LogP contribution in [0, 0.1) is 0 Å². The Bertz CT molecular complexity index is 499. The second-order valence-corrected chi connectivity index (χ2v) is 4.10. The molecule has 0 aliphatic rings. The number of carbonyl (C=O) groups excluding carboxylic acids is 1. The Hall–Kier alpha value is -0.840. The lowest BCUT2D eigenvalue weighted by Gasteiger charge is -1.88. The highest BCUT2D eigenvalue weighted by Gasteiger charge is 2.13. The van der Waals surface area contributed by atoms with Crippen molar-refractivity contribution < 1.29 is 9.08 Å². The number of aromatic nitrogens is 1. The van der Waals surface area contributed by atoms with Crippen LogP contribution in [0.4, 0.5) is 0 Å². The number of hydrogen-bond acceptors (Lipinski definition) is 4. The molecule has 86 valence electrons. The zero-order chi connectivity index (χ0) is 12.1. The highest BCUT2D eigenvalue weighted by molar-refractivity contribution is 7.21. The van der Waals surface area contributed by atoms with Crippen LogP contribution in [0.3, 0.4) is 0 Å². The molecule has 0 atom stereocenters. The lowest BCUT2D eigenvalue weighted by Crippen LogP contribution is -1.92. The first-order valence-electron chi connectivity index (χ1n) is 4.59. The first-order valence-corrected chi connectivity index (χ1v) is 6.09. The summed E-state index contributed by atoms with van der Waals surface area (Å²) in [5.74, 6) is -0.592. The minimum Gasteiger partial charge on any atom is -0.342 e. The smallest absolute Gasteiger partial charge is 0.342 e. The Labute approximate surface area is 107 Å². The van der Waals surface area contributed by atoms with Gasteiger partial charge in [0.15, 0.2) is 0 Å². The van der Waals surface area contributed by atoms with E-state index in [1.807, 2.05) is 13.8 Å². The SMILES string of the molecule is CC.O=C(OCl)c1cc2nccc(Cl)c2s1. The van der Waals surface area contributed by atoms with Crippen LogP contribution in [-0.2, 0) is 4.29 Å². The number of nitrogens with zero attached hydrogens (tertiary/aromatic N) is 1. The normalized spacial score (nSPS) is 9.50. The standard InChI is InChI=1S/C8H3Cl2NO2S.C2H6/c9-4-1-2-11-5-3-6(8(12)13-10)14-7(4)5;1-2/h1-3H;1-2H3. The molecule has 6 heteroatoms. The number of thiophene rings is 1. The van der Waals surface area contributed by atoms with Crippen LogP contribution in [0.2, 0.25) is 5.02 Å². The van der Waals surface area contributed by atoms with Gasteiger partial charge in [0.2, 0.25) is 0 Å². The first kappa shape index (κ1) is 13.2. The highest BCUT2D eigenvalue weighted by atomic mass is 35.5. The van der Waals surface area contributed by atoms with E-state index in [0.29, 0.717) is 15.4 Å². The lowest BCUT2D eigenvalue weighted by atomic mass is 10.4. The topological polar surface area (TPSA) is 39.2 Å². The van der Waals surface area contributed by atoms with Gasteiger partial charge in [-0.3, -0.25) is 4.98 Å². The molecule has 0 bridgehead atoms. The molecule has 16 heavy (non-hydrogen) atoms. The average molecular weight is 278 g/mol. The number of fused-ring (bicyclic) bond motifs is 1. The molecule has 0 spiro atoms. The van der Waals surface area contributed by atoms with Crippen LogP contribution >= 0.6 is 34.8 Å². The summed E-state index contributed by atoms with van der Waals surface area (Å²) < 4.78 is 4.83. The molecule has 3 nitrogen and oxygen atoms in total. The summed E-state index contributed by atoms with van der Waals surface area (Å²) in [6.45, 7) is 4.00. The van der Waals surface area contributed by atoms with Crippen LogP contribution in [-0.4, -0.2) is 11.0 Å². The second-order valence-electron chi connectivity index (χ2n) is 2.48. The van der Waals surface area contributed by atoms with Crippen LogP contribution in [0.15, 0.2) is 18.3 Å². The third-order valence-electron chi connectivity index (χ3n) is 1.64. The van der Waals surface area contributed by atoms with Crippen molar-refractivity contribution in [3.63, 3.8) is 0 Å². The molecule has 0 aromatic carbocycles. The fourth-order valence-corrected chi connectivity index (χ4v) is 2.34. The average Bonchev–Trinajstić information content (AvgIpc) is 2.76. The largest absolute Gasteiger partial charge is 0.366 e. The molecule has 0 fully saturated rings. The molecular weight excluding hydrogens is 269 g/mol. The molecule has 0 aliphatic heterocycles. The van der Waals surface area contributed by atoms with Gasteiger partial charge in [0.25, 0.3) is 0 Å². The van der Waals surface area contributed by atoms with E-state index in [4.69, 9.17) is 23.5 Å². The molecular formula is C10H9Cl2NO2S. The Kier molecular flexibility index (Phi) is 4.99. The Balaban J connectivity index is 0.000000606. The van der Waals surface area contributed by atoms with Gasteiger partial charge in [0.05, 0.1) is 15.2 Å². The highest BCUT2D eigenvalue weighted by Crippen LogP contribution is 2.30. The van der Waals surface area contributed by atoms with Gasteiger partial charge in [0, 0.05) is 6.20 Å². The number of pyridine rings is 1. The molecule has 0 radical (unpaired) electrons. The van der Waals surface area contributed by atoms with E-state index in [1.165, 1.54) is 11.3 Å². The van der Waals surface area contributed by atoms with E-state index < -0.39 is 5.97 Å². The third-order valence-corrected chi connectivity index (χ3v) is 3.34. The zero-order valence-corrected chi connectivity index (χ0v) is 11.0. The van der Waals surface area contributed by atoms with Crippen molar-refractivity contribution in [2.24, 2.45) is 0 Å². The molecule has 0 aliphatic carbocycles. The van der Waals surface area contributed by atoms with E-state index in [0.717, 1.165) is 4.70 Å². The summed E-state index contributed by atoms with van der Waals surface area (Å²) in [4.78, 5) is 15.5. The molecule has 2 aromatic rings. The minimum absolute atomic E-state index is 0.385. The molecule has 0 unspecified atom stereocenters. The summed E-state index contributed by atoms with van der Waals surface area (Å²) >= 11 is 12.1. The van der Waals surface area contributed by atoms with Gasteiger partial charge < -0.3 is 4.29 Å². The van der Waals surface area contributed by atoms with E-state index in [1.54, 1.807) is 18.3 Å². The van der Waals surface area contributed by atoms with E-state index in [2.05, 4.69) is 9.27 Å². The maximum Gasteiger partial charge on any atom is 0.366 e. The van der Waals surface area contributed by atoms with E-state index in [9.17, 15) is 4.79 Å². The van der Waals surface area contributed by atoms with E-state index >= 15 is 0 Å². The fraction of sp³-hybridized carbons (Fsp3) is 0.200. The summed E-state index contributed by atoms with van der Waals surface area (Å²) in [5.41, 5.74) is 0.666. The quantitative estimate of drug-likeness (QED) is 0.781. The van der Waals surface area contributed by atoms with Crippen molar-refractivity contribution in [1.82, 2.24) is 4.98 Å². The molecule has 2 rings (SSSR count). The van der Waals surface area contributed by atoms with Crippen LogP contribution in [0.1, 0.15) is 23.5 Å². The second kappa shape index (κ2) is 6.03. The van der Waals surface area contributed by atoms with Gasteiger partial charge in [-0.1, -0.05) is 25.4 Å². The van der Waals surface area contributed by atoms with E-state index in [-0.39, 0.29) is 0 Å². The van der Waals surface area contributed by atoms with Crippen molar-refractivity contribution in [1.29, 1.82) is 0 Å². The van der Waals surface area contributed by atoms with Crippen molar-refractivity contribution in [3.8, 4) is 0 Å². The molecule has 0 N–H and O–H groups in total. The predicted octanol–water partition coefficient (Wildman–Crippen LogP) is 4.29. The molecule has 2 heterocycles. The Morgan fingerprint density at radius 2 is 2.19 bits per heavy atom. The molecule has 0 saturated heterocycles. The molecule has 2 aromatic heterocycles. The minimum atomic E-state index is -0.592. The number of hydrogen-bond donors (Lipinski definition) is 0. The van der Waals surface area contributed by atoms with Crippen molar-refractivity contribution in [2.45, 2.75) is 13.8 Å². The van der Waals surface area contributed by atoms with Gasteiger partial charge in [0.1, 0.15) is 16.7 Å². The van der Waals surface area contributed by atoms with Gasteiger partial charge in [-0.15, -0.1) is 11.3 Å². The third kappa shape index (κ3) is 2.64. The summed E-state index contributed by atoms with van der Waals surface area (Å²) in [7, 11) is 0. The number of rotatable bonds is 1. The van der Waals surface area contributed by atoms with Crippen LogP contribution in [0.25, 0.3) is 10.2 Å². The summed E-state index contributed by atoms with van der Waals surface area (Å²) in [6, 6.07) is 3.26. The monoisotopic (exact) mass is 277 g/mol. The lowest BCUT2D eigenvalue weighted by molar-refractivity contribution is 0.0756. The van der Waals surface area contributed by atoms with Crippen LogP contribution < -0.4 is 0 Å². The Morgan fingerprint density at radius 1 is 1.50 bits per heavy atom.